The highest BCUT2D eigenvalue weighted by molar-refractivity contribution is 5.71. The number of carbonyl (C=O) groups excluding carboxylic acids is 1. The summed E-state index contributed by atoms with van der Waals surface area (Å²) in [6, 6.07) is 0. The predicted molar refractivity (Wildman–Crippen MR) is 59.9 cm³/mol. The minimum absolute atomic E-state index is 0.0752. The molecule has 0 unspecified atom stereocenters. The van der Waals surface area contributed by atoms with Gasteiger partial charge in [0, 0.05) is 13.1 Å². The third-order valence-electron chi connectivity index (χ3n) is 3.14. The molecule has 1 saturated heterocycles. The van der Waals surface area contributed by atoms with Crippen molar-refractivity contribution in [2.45, 2.75) is 31.8 Å². The van der Waals surface area contributed by atoms with E-state index in [-0.39, 0.29) is 12.1 Å². The monoisotopic (exact) mass is 226 g/mol. The molecule has 2 aliphatic rings. The predicted octanol–water partition coefficient (Wildman–Crippen LogP) is 1.01. The zero-order valence-corrected chi connectivity index (χ0v) is 9.69. The normalized spacial score (nSPS) is 24.2. The van der Waals surface area contributed by atoms with E-state index in [4.69, 9.17) is 9.47 Å². The van der Waals surface area contributed by atoms with E-state index in [2.05, 4.69) is 11.3 Å². The van der Waals surface area contributed by atoms with E-state index in [0.717, 1.165) is 52.0 Å². The molecule has 91 valence electrons. The summed E-state index contributed by atoms with van der Waals surface area (Å²) >= 11 is 0. The Morgan fingerprint density at radius 1 is 1.31 bits per heavy atom. The third kappa shape index (κ3) is 3.76. The van der Waals surface area contributed by atoms with Gasteiger partial charge in [-0.3, -0.25) is 9.69 Å². The summed E-state index contributed by atoms with van der Waals surface area (Å²) in [7, 11) is 0. The molecule has 0 spiro atoms. The van der Waals surface area contributed by atoms with Crippen LogP contribution in [0.15, 0.2) is 0 Å². The van der Waals surface area contributed by atoms with Crippen molar-refractivity contribution in [1.29, 1.82) is 0 Å². The fourth-order valence-corrected chi connectivity index (χ4v) is 2.18. The minimum Gasteiger partial charge on any atom is -0.461 e. The summed E-state index contributed by atoms with van der Waals surface area (Å²) in [6.45, 7) is 3.56. The average molecular weight is 226 g/mol. The topological polar surface area (TPSA) is 38.8 Å². The van der Waals surface area contributed by atoms with E-state index in [9.17, 15) is 4.79 Å². The number of carbonyl (C=O) groups is 1. The van der Waals surface area contributed by atoms with Gasteiger partial charge in [-0.2, -0.15) is 0 Å². The quantitative estimate of drug-likeness (QED) is 0.673. The summed E-state index contributed by atoms with van der Waals surface area (Å²) < 4.78 is 10.7. The number of morpholine rings is 1. The molecule has 4 nitrogen and oxygen atoms in total. The molecular formula is C12H20NO3. The van der Waals surface area contributed by atoms with Crippen molar-refractivity contribution in [1.82, 2.24) is 4.90 Å². The van der Waals surface area contributed by atoms with Crippen LogP contribution in [0.3, 0.4) is 0 Å². The van der Waals surface area contributed by atoms with Gasteiger partial charge in [-0.05, 0) is 32.1 Å². The van der Waals surface area contributed by atoms with Gasteiger partial charge >= 0.3 is 5.97 Å². The Morgan fingerprint density at radius 2 is 2.00 bits per heavy atom. The van der Waals surface area contributed by atoms with Crippen LogP contribution in [-0.4, -0.2) is 49.8 Å². The van der Waals surface area contributed by atoms with Gasteiger partial charge in [0.15, 0.2) is 0 Å². The van der Waals surface area contributed by atoms with Gasteiger partial charge in [-0.15, -0.1) is 0 Å². The van der Waals surface area contributed by atoms with E-state index >= 15 is 0 Å². The summed E-state index contributed by atoms with van der Waals surface area (Å²) in [5, 5.41) is 0. The van der Waals surface area contributed by atoms with Crippen molar-refractivity contribution in [2.75, 3.05) is 32.8 Å². The molecule has 1 saturated carbocycles. The highest BCUT2D eigenvalue weighted by Gasteiger charge is 2.20. The molecule has 4 heteroatoms. The second-order valence-electron chi connectivity index (χ2n) is 4.44. The average Bonchev–Trinajstić information content (AvgIpc) is 2.31. The molecule has 0 aromatic heterocycles. The number of esters is 1. The number of ether oxygens (including phenoxy) is 2. The molecule has 0 N–H and O–H groups in total. The Kier molecular flexibility index (Phi) is 4.60. The first-order valence-electron chi connectivity index (χ1n) is 6.16. The molecule has 0 atom stereocenters. The fraction of sp³-hybridized carbons (Fsp3) is 0.833. The summed E-state index contributed by atoms with van der Waals surface area (Å²) in [6.07, 6.45) is 6.57. The van der Waals surface area contributed by atoms with Gasteiger partial charge in [0.05, 0.1) is 19.8 Å². The molecule has 16 heavy (non-hydrogen) atoms. The first kappa shape index (κ1) is 11.9. The number of hydrogen-bond donors (Lipinski definition) is 0. The van der Waals surface area contributed by atoms with Crippen LogP contribution in [-0.2, 0) is 14.3 Å². The largest absolute Gasteiger partial charge is 0.461 e. The summed E-state index contributed by atoms with van der Waals surface area (Å²) in [4.78, 5) is 13.8. The Bertz CT molecular complexity index is 198. The van der Waals surface area contributed by atoms with Gasteiger partial charge in [0.2, 0.25) is 0 Å². The summed E-state index contributed by atoms with van der Waals surface area (Å²) in [5.41, 5.74) is 0. The van der Waals surface area contributed by atoms with Crippen molar-refractivity contribution in [2.24, 2.45) is 0 Å². The molecule has 2 rings (SSSR count). The van der Waals surface area contributed by atoms with Crippen molar-refractivity contribution in [3.05, 3.63) is 6.42 Å². The van der Waals surface area contributed by atoms with Crippen LogP contribution in [0.1, 0.15) is 25.7 Å². The van der Waals surface area contributed by atoms with E-state index < -0.39 is 0 Å². The van der Waals surface area contributed by atoms with Gasteiger partial charge < -0.3 is 9.47 Å². The molecule has 0 bridgehead atoms. The maximum atomic E-state index is 11.7. The molecule has 0 amide bonds. The minimum atomic E-state index is -0.0752. The standard InChI is InChI=1S/C12H20NO3/c14-12(10-13-6-8-15-9-7-13)16-11-4-2-1-3-5-11/h1,11H,2-10H2. The lowest BCUT2D eigenvalue weighted by molar-refractivity contribution is -0.152. The Hall–Kier alpha value is -0.610. The zero-order chi connectivity index (χ0) is 11.2. The molecule has 1 heterocycles. The van der Waals surface area contributed by atoms with Gasteiger partial charge in [0.1, 0.15) is 6.10 Å². The number of nitrogens with zero attached hydrogens (tertiary/aromatic N) is 1. The Labute approximate surface area is 96.9 Å². The van der Waals surface area contributed by atoms with E-state index in [1.165, 1.54) is 0 Å². The third-order valence-corrected chi connectivity index (χ3v) is 3.14. The van der Waals surface area contributed by atoms with Crippen LogP contribution in [0, 0.1) is 6.42 Å². The van der Waals surface area contributed by atoms with Crippen LogP contribution in [0.4, 0.5) is 0 Å². The van der Waals surface area contributed by atoms with Crippen LogP contribution < -0.4 is 0 Å². The first-order chi connectivity index (χ1) is 7.84. The lowest BCUT2D eigenvalue weighted by Gasteiger charge is -2.27. The first-order valence-corrected chi connectivity index (χ1v) is 6.16. The highest BCUT2D eigenvalue weighted by Crippen LogP contribution is 2.19. The van der Waals surface area contributed by atoms with Crippen molar-refractivity contribution >= 4 is 5.97 Å². The van der Waals surface area contributed by atoms with Crippen LogP contribution >= 0.6 is 0 Å². The maximum absolute atomic E-state index is 11.7. The van der Waals surface area contributed by atoms with Crippen molar-refractivity contribution in [3.63, 3.8) is 0 Å². The maximum Gasteiger partial charge on any atom is 0.320 e. The molecule has 0 aromatic carbocycles. The molecule has 0 aromatic rings. The van der Waals surface area contributed by atoms with Crippen molar-refractivity contribution in [3.8, 4) is 0 Å². The Morgan fingerprint density at radius 3 is 2.69 bits per heavy atom. The van der Waals surface area contributed by atoms with Gasteiger partial charge in [-0.1, -0.05) is 0 Å². The van der Waals surface area contributed by atoms with Crippen LogP contribution in [0.5, 0.6) is 0 Å². The number of rotatable bonds is 3. The molecule has 1 aliphatic heterocycles. The SMILES string of the molecule is O=C(CN1CCOCC1)OC1CC[CH]CC1. The molecule has 2 fully saturated rings. The van der Waals surface area contributed by atoms with E-state index in [1.54, 1.807) is 0 Å². The zero-order valence-electron chi connectivity index (χ0n) is 9.69. The summed E-state index contributed by atoms with van der Waals surface area (Å²) in [5.74, 6) is -0.0752. The van der Waals surface area contributed by atoms with Gasteiger partial charge in [-0.25, -0.2) is 0 Å². The number of hydrogen-bond acceptors (Lipinski definition) is 4. The second-order valence-corrected chi connectivity index (χ2v) is 4.44. The lowest BCUT2D eigenvalue weighted by atomic mass is 9.98. The van der Waals surface area contributed by atoms with Crippen LogP contribution in [0.2, 0.25) is 0 Å². The van der Waals surface area contributed by atoms with Crippen molar-refractivity contribution < 1.29 is 14.3 Å². The highest BCUT2D eigenvalue weighted by atomic mass is 16.5. The van der Waals surface area contributed by atoms with E-state index in [0.29, 0.717) is 6.54 Å². The van der Waals surface area contributed by atoms with Gasteiger partial charge in [0.25, 0.3) is 0 Å². The second kappa shape index (κ2) is 6.21. The lowest BCUT2D eigenvalue weighted by Crippen LogP contribution is -2.40. The molecule has 1 radical (unpaired) electrons. The van der Waals surface area contributed by atoms with E-state index in [1.807, 2.05) is 0 Å². The van der Waals surface area contributed by atoms with Crippen LogP contribution in [0.25, 0.3) is 0 Å². The molecule has 1 aliphatic carbocycles. The fourth-order valence-electron chi connectivity index (χ4n) is 2.18. The smallest absolute Gasteiger partial charge is 0.320 e. The molecular weight excluding hydrogens is 206 g/mol. The Balaban J connectivity index is 1.66.